The predicted molar refractivity (Wildman–Crippen MR) is 138 cm³/mol. The fourth-order valence-corrected chi connectivity index (χ4v) is 6.06. The molecule has 2 aliphatic heterocycles. The van der Waals surface area contributed by atoms with Gasteiger partial charge in [-0.25, -0.2) is 9.18 Å². The topological polar surface area (TPSA) is 132 Å². The number of carbonyl (C=O) groups excluding carboxylic acids is 3. The zero-order valence-corrected chi connectivity index (χ0v) is 23.7. The molecule has 0 aromatic rings. The lowest BCUT2D eigenvalue weighted by molar-refractivity contribution is -0.286. The van der Waals surface area contributed by atoms with Gasteiger partial charge in [-0.1, -0.05) is 13.8 Å². The Kier molecular flexibility index (Phi) is 11.7. The number of esters is 1. The van der Waals surface area contributed by atoms with E-state index in [9.17, 15) is 23.9 Å². The Bertz CT molecular complexity index is 844. The van der Waals surface area contributed by atoms with Crippen molar-refractivity contribution in [1.82, 2.24) is 4.90 Å². The molecule has 1 saturated carbocycles. The molecule has 3 rings (SSSR count). The van der Waals surface area contributed by atoms with Gasteiger partial charge in [0.2, 0.25) is 12.1 Å². The number of ether oxygens (including phenoxy) is 4. The van der Waals surface area contributed by atoms with E-state index in [1.807, 2.05) is 13.8 Å². The molecule has 9 atom stereocenters. The van der Waals surface area contributed by atoms with Crippen LogP contribution < -0.4 is 0 Å². The third-order valence-electron chi connectivity index (χ3n) is 8.73. The molecule has 0 radical (unpaired) electrons. The molecule has 0 aromatic heterocycles. The van der Waals surface area contributed by atoms with Gasteiger partial charge in [-0.3, -0.25) is 9.59 Å². The largest absolute Gasteiger partial charge is 0.461 e. The summed E-state index contributed by atoms with van der Waals surface area (Å²) < 4.78 is 35.9. The molecule has 0 aromatic carbocycles. The zero-order chi connectivity index (χ0) is 28.7. The van der Waals surface area contributed by atoms with Gasteiger partial charge >= 0.3 is 5.97 Å². The van der Waals surface area contributed by atoms with Crippen molar-refractivity contribution in [1.29, 1.82) is 0 Å². The van der Waals surface area contributed by atoms with Gasteiger partial charge in [-0.05, 0) is 70.1 Å². The van der Waals surface area contributed by atoms with Crippen LogP contribution in [0.25, 0.3) is 0 Å². The summed E-state index contributed by atoms with van der Waals surface area (Å²) in [7, 11) is 1.66. The zero-order valence-electron chi connectivity index (χ0n) is 23.7. The van der Waals surface area contributed by atoms with Crippen molar-refractivity contribution in [2.45, 2.75) is 115 Å². The van der Waals surface area contributed by atoms with Crippen LogP contribution in [-0.2, 0) is 33.3 Å². The highest BCUT2D eigenvalue weighted by Gasteiger charge is 2.53. The van der Waals surface area contributed by atoms with E-state index in [0.717, 1.165) is 30.6 Å². The van der Waals surface area contributed by atoms with Crippen molar-refractivity contribution in [3.8, 4) is 0 Å². The number of likely N-dealkylation sites (tertiary alicyclic amines) is 1. The van der Waals surface area contributed by atoms with Gasteiger partial charge in [0.05, 0.1) is 25.4 Å². The van der Waals surface area contributed by atoms with Crippen LogP contribution in [0.1, 0.15) is 78.6 Å². The number of hydrogen-bond acceptors (Lipinski definition) is 9. The number of ketones is 1. The maximum atomic E-state index is 13.9. The first-order chi connectivity index (χ1) is 18.5. The number of amides is 1. The van der Waals surface area contributed by atoms with Crippen molar-refractivity contribution in [2.24, 2.45) is 17.8 Å². The van der Waals surface area contributed by atoms with E-state index in [4.69, 9.17) is 24.1 Å². The van der Waals surface area contributed by atoms with E-state index < -0.39 is 47.9 Å². The molecule has 224 valence electrons. The molecule has 39 heavy (non-hydrogen) atoms. The number of halogens is 1. The molecular formula is C28H46FNO9. The summed E-state index contributed by atoms with van der Waals surface area (Å²) in [4.78, 5) is 40.6. The number of methoxy groups -OCH3 is 1. The molecule has 0 bridgehead atoms. The Balaban J connectivity index is 1.57. The average molecular weight is 560 g/mol. The predicted octanol–water partition coefficient (Wildman–Crippen LogP) is 2.52. The Hall–Kier alpha value is -1.66. The smallest absolute Gasteiger partial charge is 0.329 e. The van der Waals surface area contributed by atoms with Gasteiger partial charge in [0, 0.05) is 26.0 Å². The van der Waals surface area contributed by atoms with Gasteiger partial charge in [0.15, 0.2) is 0 Å². The number of piperidine rings is 1. The fourth-order valence-electron chi connectivity index (χ4n) is 6.06. The molecule has 3 aliphatic rings. The Morgan fingerprint density at radius 3 is 2.54 bits per heavy atom. The maximum Gasteiger partial charge on any atom is 0.329 e. The van der Waals surface area contributed by atoms with E-state index in [-0.39, 0.29) is 50.7 Å². The van der Waals surface area contributed by atoms with Crippen LogP contribution >= 0.6 is 0 Å². The van der Waals surface area contributed by atoms with Crippen LogP contribution in [0.4, 0.5) is 4.39 Å². The molecular weight excluding hydrogens is 513 g/mol. The molecule has 2 saturated heterocycles. The number of Topliss-reactive ketones (excluding diaryl/α,β-unsaturated/α-hetero) is 1. The van der Waals surface area contributed by atoms with Crippen LogP contribution in [0, 0.1) is 17.8 Å². The summed E-state index contributed by atoms with van der Waals surface area (Å²) in [6, 6.07) is -0.953. The molecule has 10 nitrogen and oxygen atoms in total. The third kappa shape index (κ3) is 7.75. The van der Waals surface area contributed by atoms with Crippen molar-refractivity contribution in [3.05, 3.63) is 0 Å². The monoisotopic (exact) mass is 559 g/mol. The molecule has 1 aliphatic carbocycles. The second kappa shape index (κ2) is 14.3. The summed E-state index contributed by atoms with van der Waals surface area (Å²) in [6.45, 7) is 5.80. The van der Waals surface area contributed by atoms with E-state index in [2.05, 4.69) is 0 Å². The normalized spacial score (nSPS) is 35.2. The van der Waals surface area contributed by atoms with Gasteiger partial charge in [0.1, 0.15) is 12.1 Å². The standard InChI is InChI=1S/C28H46FNO9/c1-17(15-20-9-10-22(37-14-13-31)23(16-20)36-4)19(3)38-27(34)21-7-5-6-12-30(21)26(33)25(32)28(35)18(2)8-11-24(29)39-28/h17-24,31,35H,5-16H2,1-4H3. The lowest BCUT2D eigenvalue weighted by Gasteiger charge is -2.40. The first kappa shape index (κ1) is 31.9. The van der Waals surface area contributed by atoms with Crippen LogP contribution in [0.5, 0.6) is 0 Å². The summed E-state index contributed by atoms with van der Waals surface area (Å²) in [5.41, 5.74) is 0. The van der Waals surface area contributed by atoms with Crippen molar-refractivity contribution in [3.63, 3.8) is 0 Å². The van der Waals surface area contributed by atoms with Crippen LogP contribution in [0.15, 0.2) is 0 Å². The van der Waals surface area contributed by atoms with E-state index in [1.165, 1.54) is 6.92 Å². The lowest BCUT2D eigenvalue weighted by atomic mass is 9.79. The summed E-state index contributed by atoms with van der Waals surface area (Å²) in [5, 5.41) is 19.8. The fraction of sp³-hybridized carbons (Fsp3) is 0.893. The van der Waals surface area contributed by atoms with Gasteiger partial charge in [-0.15, -0.1) is 0 Å². The quantitative estimate of drug-likeness (QED) is 0.289. The van der Waals surface area contributed by atoms with Crippen LogP contribution in [0.3, 0.4) is 0 Å². The van der Waals surface area contributed by atoms with E-state index in [0.29, 0.717) is 25.2 Å². The van der Waals surface area contributed by atoms with Gasteiger partial charge < -0.3 is 34.1 Å². The minimum absolute atomic E-state index is 0.0275. The molecule has 0 spiro atoms. The molecule has 11 heteroatoms. The second-order valence-electron chi connectivity index (χ2n) is 11.5. The van der Waals surface area contributed by atoms with Crippen molar-refractivity contribution in [2.75, 3.05) is 26.9 Å². The van der Waals surface area contributed by atoms with Crippen LogP contribution in [0.2, 0.25) is 0 Å². The number of carbonyl (C=O) groups is 3. The number of alkyl halides is 1. The van der Waals surface area contributed by atoms with Crippen molar-refractivity contribution >= 4 is 17.7 Å². The van der Waals surface area contributed by atoms with Crippen LogP contribution in [-0.4, -0.2) is 96.1 Å². The van der Waals surface area contributed by atoms with Gasteiger partial charge in [0.25, 0.3) is 11.7 Å². The Morgan fingerprint density at radius 2 is 1.85 bits per heavy atom. The highest BCUT2D eigenvalue weighted by molar-refractivity contribution is 6.39. The minimum atomic E-state index is -2.55. The number of hydrogen-bond donors (Lipinski definition) is 2. The first-order valence-corrected chi connectivity index (χ1v) is 14.4. The summed E-state index contributed by atoms with van der Waals surface area (Å²) in [6.07, 6.45) is 2.89. The SMILES string of the molecule is COC1CC(CC(C)C(C)OC(=O)C2CCCCN2C(=O)C(=O)C2(O)OC(F)CCC2C)CCC1OCCO. The highest BCUT2D eigenvalue weighted by Crippen LogP contribution is 2.36. The summed E-state index contributed by atoms with van der Waals surface area (Å²) in [5.74, 6) is -5.78. The molecule has 2 N–H and O–H groups in total. The van der Waals surface area contributed by atoms with E-state index in [1.54, 1.807) is 7.11 Å². The minimum Gasteiger partial charge on any atom is -0.461 e. The third-order valence-corrected chi connectivity index (χ3v) is 8.73. The van der Waals surface area contributed by atoms with Gasteiger partial charge in [-0.2, -0.15) is 0 Å². The second-order valence-corrected chi connectivity index (χ2v) is 11.5. The molecule has 3 fully saturated rings. The van der Waals surface area contributed by atoms with Crippen molar-refractivity contribution < 1.29 is 47.9 Å². The number of aliphatic hydroxyl groups is 2. The lowest BCUT2D eigenvalue weighted by Crippen LogP contribution is -2.60. The highest BCUT2D eigenvalue weighted by atomic mass is 19.1. The average Bonchev–Trinajstić information content (AvgIpc) is 2.93. The number of nitrogens with zero attached hydrogens (tertiary/aromatic N) is 1. The molecule has 1 amide bonds. The Labute approximate surface area is 230 Å². The van der Waals surface area contributed by atoms with E-state index >= 15 is 0 Å². The first-order valence-electron chi connectivity index (χ1n) is 14.4. The summed E-state index contributed by atoms with van der Waals surface area (Å²) >= 11 is 0. The number of rotatable bonds is 11. The molecule has 2 heterocycles. The Morgan fingerprint density at radius 1 is 1.10 bits per heavy atom. The molecule has 9 unspecified atom stereocenters. The number of aliphatic hydroxyl groups excluding tert-OH is 1. The maximum absolute atomic E-state index is 13.9.